The monoisotopic (exact) mass is 211 g/mol. The Morgan fingerprint density at radius 3 is 3.00 bits per heavy atom. The van der Waals surface area contributed by atoms with Crippen molar-refractivity contribution in [2.24, 2.45) is 12.2 Å². The molecule has 1 aromatic heterocycles. The molecular weight excluding hydrogens is 198 g/mol. The Morgan fingerprint density at radius 2 is 2.29 bits per heavy atom. The van der Waals surface area contributed by atoms with Crippen molar-refractivity contribution >= 4 is 17.7 Å². The standard InChI is InChI=1S/C9H13N3OS/c1-11-5-4-8-9(11)7(10-13)3-6-12(2)14-8/h4-5,13H,3,6H2,1-2H3/b10-7-. The van der Waals surface area contributed by atoms with Crippen LogP contribution in [0, 0.1) is 0 Å². The third-order valence-electron chi connectivity index (χ3n) is 2.35. The van der Waals surface area contributed by atoms with Gasteiger partial charge in [0.15, 0.2) is 0 Å². The zero-order chi connectivity index (χ0) is 10.1. The van der Waals surface area contributed by atoms with Gasteiger partial charge >= 0.3 is 0 Å². The lowest BCUT2D eigenvalue weighted by Crippen LogP contribution is -2.12. The molecule has 0 amide bonds. The Morgan fingerprint density at radius 1 is 1.50 bits per heavy atom. The number of rotatable bonds is 0. The molecule has 0 saturated carbocycles. The second-order valence-corrected chi connectivity index (χ2v) is 4.62. The molecule has 1 aliphatic heterocycles. The summed E-state index contributed by atoms with van der Waals surface area (Å²) in [5.74, 6) is 0. The van der Waals surface area contributed by atoms with Crippen molar-refractivity contribution in [2.75, 3.05) is 13.6 Å². The summed E-state index contributed by atoms with van der Waals surface area (Å²) in [7, 11) is 4.01. The summed E-state index contributed by atoms with van der Waals surface area (Å²) >= 11 is 1.69. The molecule has 4 nitrogen and oxygen atoms in total. The van der Waals surface area contributed by atoms with Gasteiger partial charge in [0.2, 0.25) is 0 Å². The number of aryl methyl sites for hydroxylation is 1. The lowest BCUT2D eigenvalue weighted by Gasteiger charge is -2.09. The zero-order valence-corrected chi connectivity index (χ0v) is 9.08. The van der Waals surface area contributed by atoms with Crippen molar-refractivity contribution in [3.63, 3.8) is 0 Å². The lowest BCUT2D eigenvalue weighted by molar-refractivity contribution is 0.317. The van der Waals surface area contributed by atoms with Crippen LogP contribution in [0.25, 0.3) is 0 Å². The molecule has 0 unspecified atom stereocenters. The van der Waals surface area contributed by atoms with Gasteiger partial charge in [-0.25, -0.2) is 4.31 Å². The SMILES string of the molecule is CN1CC/C(=N/O)c2c(ccn2C)S1. The van der Waals surface area contributed by atoms with Crippen molar-refractivity contribution in [1.29, 1.82) is 0 Å². The molecule has 0 radical (unpaired) electrons. The van der Waals surface area contributed by atoms with E-state index in [0.29, 0.717) is 0 Å². The maximum absolute atomic E-state index is 8.94. The minimum atomic E-state index is 0.768. The molecule has 1 aromatic rings. The van der Waals surface area contributed by atoms with E-state index in [-0.39, 0.29) is 0 Å². The average Bonchev–Trinajstić information content (AvgIpc) is 2.44. The summed E-state index contributed by atoms with van der Waals surface area (Å²) in [6.07, 6.45) is 2.77. The summed E-state index contributed by atoms with van der Waals surface area (Å²) in [4.78, 5) is 1.15. The van der Waals surface area contributed by atoms with Crippen LogP contribution in [-0.2, 0) is 7.05 Å². The van der Waals surface area contributed by atoms with E-state index in [9.17, 15) is 0 Å². The fourth-order valence-corrected chi connectivity index (χ4v) is 2.61. The van der Waals surface area contributed by atoms with Crippen LogP contribution in [0.15, 0.2) is 22.3 Å². The number of aromatic nitrogens is 1. The molecule has 2 heterocycles. The maximum atomic E-state index is 8.94. The predicted octanol–water partition coefficient (Wildman–Crippen LogP) is 1.55. The molecule has 0 aliphatic carbocycles. The Hall–Kier alpha value is -0.940. The quantitative estimate of drug-likeness (QED) is 0.402. The highest BCUT2D eigenvalue weighted by atomic mass is 32.2. The van der Waals surface area contributed by atoms with Gasteiger partial charge in [0.05, 0.1) is 10.6 Å². The van der Waals surface area contributed by atoms with E-state index in [2.05, 4.69) is 9.46 Å². The second-order valence-electron chi connectivity index (χ2n) is 3.38. The van der Waals surface area contributed by atoms with Crippen LogP contribution in [-0.4, -0.2) is 33.4 Å². The van der Waals surface area contributed by atoms with Gasteiger partial charge in [-0.3, -0.25) is 0 Å². The smallest absolute Gasteiger partial charge is 0.106 e. The fraction of sp³-hybridized carbons (Fsp3) is 0.444. The van der Waals surface area contributed by atoms with Crippen molar-refractivity contribution in [3.05, 3.63) is 18.0 Å². The second kappa shape index (κ2) is 3.67. The zero-order valence-electron chi connectivity index (χ0n) is 8.27. The molecule has 0 aromatic carbocycles. The van der Waals surface area contributed by atoms with E-state index in [4.69, 9.17) is 5.21 Å². The van der Waals surface area contributed by atoms with Crippen molar-refractivity contribution in [3.8, 4) is 0 Å². The summed E-state index contributed by atoms with van der Waals surface area (Å²) in [5, 5.41) is 12.3. The summed E-state index contributed by atoms with van der Waals surface area (Å²) in [6.45, 7) is 0.902. The molecule has 1 aliphatic rings. The molecule has 14 heavy (non-hydrogen) atoms. The Balaban J connectivity index is 2.49. The first-order valence-corrected chi connectivity index (χ1v) is 5.25. The molecule has 1 N–H and O–H groups in total. The van der Waals surface area contributed by atoms with Crippen molar-refractivity contribution < 1.29 is 5.21 Å². The van der Waals surface area contributed by atoms with Gasteiger partial charge in [0, 0.05) is 26.2 Å². The van der Waals surface area contributed by atoms with E-state index in [0.717, 1.165) is 29.3 Å². The number of oxime groups is 1. The third kappa shape index (κ3) is 1.53. The topological polar surface area (TPSA) is 40.8 Å². The molecule has 0 bridgehead atoms. The van der Waals surface area contributed by atoms with Crippen molar-refractivity contribution in [2.45, 2.75) is 11.3 Å². The molecular formula is C9H13N3OS. The van der Waals surface area contributed by atoms with Crippen molar-refractivity contribution in [1.82, 2.24) is 8.87 Å². The Labute approximate surface area is 87.3 Å². The van der Waals surface area contributed by atoms with E-state index >= 15 is 0 Å². The lowest BCUT2D eigenvalue weighted by atomic mass is 10.2. The maximum Gasteiger partial charge on any atom is 0.106 e. The summed E-state index contributed by atoms with van der Waals surface area (Å²) in [5.41, 5.74) is 1.80. The summed E-state index contributed by atoms with van der Waals surface area (Å²) < 4.78 is 4.15. The molecule has 5 heteroatoms. The molecule has 0 saturated heterocycles. The number of nitrogens with zero attached hydrogens (tertiary/aromatic N) is 3. The minimum Gasteiger partial charge on any atom is -0.411 e. The van der Waals surface area contributed by atoms with Crippen LogP contribution in [0.1, 0.15) is 12.1 Å². The predicted molar refractivity (Wildman–Crippen MR) is 56.8 cm³/mol. The molecule has 0 fully saturated rings. The van der Waals surface area contributed by atoms with Gasteiger partial charge in [-0.1, -0.05) is 5.16 Å². The van der Waals surface area contributed by atoms with Crippen LogP contribution < -0.4 is 0 Å². The summed E-state index contributed by atoms with van der Waals surface area (Å²) in [6, 6.07) is 2.05. The van der Waals surface area contributed by atoms with E-state index in [1.807, 2.05) is 30.9 Å². The van der Waals surface area contributed by atoms with Crippen LogP contribution in [0.3, 0.4) is 0 Å². The van der Waals surface area contributed by atoms with E-state index in [1.165, 1.54) is 0 Å². The van der Waals surface area contributed by atoms with Gasteiger partial charge in [0.1, 0.15) is 5.71 Å². The van der Waals surface area contributed by atoms with Crippen LogP contribution in [0.2, 0.25) is 0 Å². The van der Waals surface area contributed by atoms with E-state index in [1.54, 1.807) is 11.9 Å². The largest absolute Gasteiger partial charge is 0.411 e. The van der Waals surface area contributed by atoms with Gasteiger partial charge < -0.3 is 9.77 Å². The first-order valence-electron chi connectivity index (χ1n) is 4.48. The van der Waals surface area contributed by atoms with Gasteiger partial charge in [-0.05, 0) is 25.1 Å². The Bertz CT molecular complexity index is 372. The van der Waals surface area contributed by atoms with Gasteiger partial charge in [0.25, 0.3) is 0 Å². The first kappa shape index (κ1) is 9.61. The average molecular weight is 211 g/mol. The number of hydrogen-bond donors (Lipinski definition) is 1. The molecule has 2 rings (SSSR count). The third-order valence-corrected chi connectivity index (χ3v) is 3.37. The minimum absolute atomic E-state index is 0.768. The van der Waals surface area contributed by atoms with Crippen LogP contribution in [0.5, 0.6) is 0 Å². The molecule has 0 spiro atoms. The van der Waals surface area contributed by atoms with Crippen LogP contribution >= 0.6 is 11.9 Å². The highest BCUT2D eigenvalue weighted by Gasteiger charge is 2.20. The Kier molecular flexibility index (Phi) is 2.52. The highest BCUT2D eigenvalue weighted by Crippen LogP contribution is 2.30. The number of fused-ring (bicyclic) bond motifs is 1. The highest BCUT2D eigenvalue weighted by molar-refractivity contribution is 7.97. The van der Waals surface area contributed by atoms with Gasteiger partial charge in [-0.15, -0.1) is 0 Å². The molecule has 0 atom stereocenters. The van der Waals surface area contributed by atoms with Crippen LogP contribution in [0.4, 0.5) is 0 Å². The van der Waals surface area contributed by atoms with E-state index < -0.39 is 0 Å². The first-order chi connectivity index (χ1) is 6.72. The molecule has 76 valence electrons. The van der Waals surface area contributed by atoms with Gasteiger partial charge in [-0.2, -0.15) is 0 Å². The fourth-order valence-electron chi connectivity index (χ4n) is 1.62. The number of hydrogen-bond acceptors (Lipinski definition) is 4. The normalized spacial score (nSPS) is 20.9.